The van der Waals surface area contributed by atoms with Crippen LogP contribution in [0.15, 0.2) is 23.8 Å². The smallest absolute Gasteiger partial charge is 0.307 e. The summed E-state index contributed by atoms with van der Waals surface area (Å²) < 4.78 is 0. The summed E-state index contributed by atoms with van der Waals surface area (Å²) in [6.45, 7) is 0. The largest absolute Gasteiger partial charge is 0.481 e. The van der Waals surface area contributed by atoms with E-state index in [0.29, 0.717) is 0 Å². The van der Waals surface area contributed by atoms with Crippen LogP contribution in [0.3, 0.4) is 0 Å². The van der Waals surface area contributed by atoms with E-state index in [1.807, 2.05) is 0 Å². The van der Waals surface area contributed by atoms with Crippen molar-refractivity contribution in [2.24, 2.45) is 0 Å². The molecule has 0 saturated carbocycles. The fraction of sp³-hybridized carbons (Fsp3) is 0.250. The lowest BCUT2D eigenvalue weighted by molar-refractivity contribution is -0.358. The fourth-order valence-electron chi connectivity index (χ4n) is 1.06. The summed E-state index contributed by atoms with van der Waals surface area (Å²) in [5.74, 6) is -3.93. The van der Waals surface area contributed by atoms with Gasteiger partial charge in [0.2, 0.25) is 5.79 Å². The Morgan fingerprint density at radius 3 is 2.71 bits per heavy atom. The first-order valence-electron chi connectivity index (χ1n) is 3.69. The van der Waals surface area contributed by atoms with Crippen LogP contribution in [0.5, 0.6) is 0 Å². The lowest BCUT2D eigenvalue weighted by atomic mass is 9.96. The average molecular weight is 200 g/mol. The van der Waals surface area contributed by atoms with Gasteiger partial charge in [-0.1, -0.05) is 0 Å². The molecule has 0 aliphatic heterocycles. The van der Waals surface area contributed by atoms with Crippen molar-refractivity contribution in [3.05, 3.63) is 23.8 Å². The van der Waals surface area contributed by atoms with Gasteiger partial charge in [-0.05, 0) is 18.2 Å². The summed E-state index contributed by atoms with van der Waals surface area (Å²) in [5.41, 5.74) is -0.222. The van der Waals surface area contributed by atoms with Gasteiger partial charge in [-0.3, -0.25) is 9.59 Å². The molecule has 0 spiro atoms. The van der Waals surface area contributed by atoms with Crippen LogP contribution in [-0.2, 0) is 14.5 Å². The van der Waals surface area contributed by atoms with Gasteiger partial charge in [0.15, 0.2) is 5.78 Å². The quantitative estimate of drug-likeness (QED) is 0.328. The lowest BCUT2D eigenvalue weighted by Gasteiger charge is -2.24. The monoisotopic (exact) mass is 200 g/mol. The highest BCUT2D eigenvalue weighted by atomic mass is 17.1. The van der Waals surface area contributed by atoms with Gasteiger partial charge in [-0.15, -0.1) is 0 Å². The van der Waals surface area contributed by atoms with E-state index in [1.165, 1.54) is 0 Å². The first kappa shape index (κ1) is 10.6. The van der Waals surface area contributed by atoms with E-state index in [2.05, 4.69) is 4.89 Å². The first-order valence-corrected chi connectivity index (χ1v) is 3.69. The molecule has 14 heavy (non-hydrogen) atoms. The van der Waals surface area contributed by atoms with E-state index in [1.54, 1.807) is 0 Å². The molecule has 1 rings (SSSR count). The van der Waals surface area contributed by atoms with Crippen LogP contribution in [0.4, 0.5) is 0 Å². The number of aliphatic carboxylic acids is 1. The Hall–Kier alpha value is -1.50. The molecule has 3 N–H and O–H groups in total. The number of carbonyl (C=O) groups excluding carboxylic acids is 1. The molecule has 0 radical (unpaired) electrons. The third-order valence-electron chi connectivity index (χ3n) is 1.73. The minimum atomic E-state index is -2.22. The van der Waals surface area contributed by atoms with Gasteiger partial charge in [-0.25, -0.2) is 5.26 Å². The summed E-state index contributed by atoms with van der Waals surface area (Å²) in [6, 6.07) is 0. The highest BCUT2D eigenvalue weighted by Crippen LogP contribution is 2.25. The molecule has 0 heterocycles. The van der Waals surface area contributed by atoms with Gasteiger partial charge in [0.05, 0.1) is 6.42 Å². The Morgan fingerprint density at radius 2 is 2.21 bits per heavy atom. The maximum Gasteiger partial charge on any atom is 0.307 e. The Morgan fingerprint density at radius 1 is 1.57 bits per heavy atom. The minimum Gasteiger partial charge on any atom is -0.481 e. The lowest BCUT2D eigenvalue weighted by Crippen LogP contribution is -2.35. The molecular weight excluding hydrogens is 192 g/mol. The number of carboxylic acid groups (broad SMARTS) is 1. The van der Waals surface area contributed by atoms with Gasteiger partial charge < -0.3 is 10.2 Å². The maximum atomic E-state index is 10.9. The zero-order chi connectivity index (χ0) is 10.8. The SMILES string of the molecule is O=C1C=C[C@@](O)(OO)C(CC(=O)O)=C1. The van der Waals surface area contributed by atoms with Crippen molar-refractivity contribution in [2.75, 3.05) is 0 Å². The molecule has 1 aliphatic rings. The topological polar surface area (TPSA) is 104 Å². The van der Waals surface area contributed by atoms with Crippen LogP contribution in [0.25, 0.3) is 0 Å². The third kappa shape index (κ3) is 2.05. The predicted molar refractivity (Wildman–Crippen MR) is 43.1 cm³/mol. The first-order chi connectivity index (χ1) is 6.48. The standard InChI is InChI=1S/C8H8O6/c9-6-1-2-8(12,14-13)5(3-6)4-7(10)11/h1-3,12-13H,4H2,(H,10,11)/t8-/m1/s1. The molecule has 0 bridgehead atoms. The van der Waals surface area contributed by atoms with Crippen molar-refractivity contribution >= 4 is 11.8 Å². The van der Waals surface area contributed by atoms with E-state index in [9.17, 15) is 14.7 Å². The molecule has 0 amide bonds. The summed E-state index contributed by atoms with van der Waals surface area (Å²) in [6.07, 6.45) is 2.17. The Balaban J connectivity index is 2.97. The number of aliphatic hydroxyl groups is 1. The fourth-order valence-corrected chi connectivity index (χ4v) is 1.06. The van der Waals surface area contributed by atoms with Crippen molar-refractivity contribution in [1.82, 2.24) is 0 Å². The van der Waals surface area contributed by atoms with E-state index >= 15 is 0 Å². The van der Waals surface area contributed by atoms with Gasteiger partial charge in [0, 0.05) is 5.57 Å². The number of ketones is 1. The summed E-state index contributed by atoms with van der Waals surface area (Å²) >= 11 is 0. The highest BCUT2D eigenvalue weighted by Gasteiger charge is 2.34. The molecule has 6 heteroatoms. The number of carbonyl (C=O) groups is 2. The summed E-state index contributed by atoms with van der Waals surface area (Å²) in [7, 11) is 0. The van der Waals surface area contributed by atoms with Crippen LogP contribution in [0.1, 0.15) is 6.42 Å². The third-order valence-corrected chi connectivity index (χ3v) is 1.73. The molecule has 0 fully saturated rings. The van der Waals surface area contributed by atoms with E-state index in [0.717, 1.165) is 18.2 Å². The van der Waals surface area contributed by atoms with E-state index < -0.39 is 24.0 Å². The number of hydrogen-bond acceptors (Lipinski definition) is 5. The molecule has 0 aromatic carbocycles. The summed E-state index contributed by atoms with van der Waals surface area (Å²) in [4.78, 5) is 24.9. The molecular formula is C8H8O6. The number of carboxylic acids is 1. The number of allylic oxidation sites excluding steroid dienone is 2. The molecule has 0 unspecified atom stereocenters. The average Bonchev–Trinajstić information content (AvgIpc) is 2.11. The van der Waals surface area contributed by atoms with Crippen LogP contribution in [0.2, 0.25) is 0 Å². The molecule has 0 aromatic rings. The van der Waals surface area contributed by atoms with Crippen LogP contribution in [0, 0.1) is 0 Å². The molecule has 0 aromatic heterocycles. The molecule has 1 atom stereocenters. The maximum absolute atomic E-state index is 10.9. The van der Waals surface area contributed by atoms with Gasteiger partial charge >= 0.3 is 5.97 Å². The van der Waals surface area contributed by atoms with Crippen LogP contribution < -0.4 is 0 Å². The normalized spacial score (nSPS) is 26.1. The van der Waals surface area contributed by atoms with Crippen molar-refractivity contribution in [3.63, 3.8) is 0 Å². The van der Waals surface area contributed by atoms with Crippen LogP contribution in [-0.4, -0.2) is 33.0 Å². The zero-order valence-corrected chi connectivity index (χ0v) is 7.01. The van der Waals surface area contributed by atoms with Gasteiger partial charge in [0.1, 0.15) is 0 Å². The molecule has 76 valence electrons. The van der Waals surface area contributed by atoms with Crippen molar-refractivity contribution in [3.8, 4) is 0 Å². The second-order valence-corrected chi connectivity index (χ2v) is 2.76. The summed E-state index contributed by atoms with van der Waals surface area (Å²) in [5, 5.41) is 26.3. The second kappa shape index (κ2) is 3.70. The number of hydrogen-bond donors (Lipinski definition) is 3. The van der Waals surface area contributed by atoms with Gasteiger partial charge in [0.25, 0.3) is 0 Å². The molecule has 6 nitrogen and oxygen atoms in total. The Labute approximate surface area is 78.7 Å². The van der Waals surface area contributed by atoms with E-state index in [4.69, 9.17) is 10.4 Å². The predicted octanol–water partition coefficient (Wildman–Crippen LogP) is -0.295. The highest BCUT2D eigenvalue weighted by molar-refractivity contribution is 6.01. The van der Waals surface area contributed by atoms with Crippen molar-refractivity contribution in [1.29, 1.82) is 0 Å². The minimum absolute atomic E-state index is 0.222. The molecule has 1 aliphatic carbocycles. The van der Waals surface area contributed by atoms with Crippen LogP contribution >= 0.6 is 0 Å². The Bertz CT molecular complexity index is 329. The Kier molecular flexibility index (Phi) is 2.80. The van der Waals surface area contributed by atoms with Gasteiger partial charge in [-0.2, -0.15) is 4.89 Å². The zero-order valence-electron chi connectivity index (χ0n) is 7.01. The molecule has 0 saturated heterocycles. The second-order valence-electron chi connectivity index (χ2n) is 2.76. The van der Waals surface area contributed by atoms with E-state index in [-0.39, 0.29) is 5.57 Å². The number of rotatable bonds is 3. The van der Waals surface area contributed by atoms with Crippen molar-refractivity contribution < 1.29 is 29.9 Å². The van der Waals surface area contributed by atoms with Crippen molar-refractivity contribution in [2.45, 2.75) is 12.2 Å².